The number of ether oxygens (including phenoxy) is 2. The van der Waals surface area contributed by atoms with E-state index in [-0.39, 0.29) is 12.3 Å². The lowest BCUT2D eigenvalue weighted by Crippen LogP contribution is -2.47. The van der Waals surface area contributed by atoms with Crippen LogP contribution in [0, 0.1) is 13.8 Å². The quantitative estimate of drug-likeness (QED) is 0.780. The van der Waals surface area contributed by atoms with E-state index in [1.807, 2.05) is 32.0 Å². The monoisotopic (exact) mass is 356 g/mol. The molecular formula is C20H24N2O4. The Kier molecular flexibility index (Phi) is 6.60. The van der Waals surface area contributed by atoms with E-state index in [4.69, 9.17) is 9.47 Å². The van der Waals surface area contributed by atoms with Crippen molar-refractivity contribution in [1.29, 1.82) is 0 Å². The number of carbonyl (C=O) groups is 2. The van der Waals surface area contributed by atoms with Crippen molar-refractivity contribution in [3.63, 3.8) is 0 Å². The Hall–Kier alpha value is -3.02. The minimum atomic E-state index is -0.740. The van der Waals surface area contributed by atoms with E-state index in [1.54, 1.807) is 38.3 Å². The Morgan fingerprint density at radius 1 is 1.00 bits per heavy atom. The molecule has 0 fully saturated rings. The highest BCUT2D eigenvalue weighted by Gasteiger charge is 2.17. The van der Waals surface area contributed by atoms with Crippen LogP contribution < -0.4 is 20.3 Å². The van der Waals surface area contributed by atoms with Gasteiger partial charge >= 0.3 is 0 Å². The number of hydrogen-bond donors (Lipinski definition) is 2. The second-order valence-corrected chi connectivity index (χ2v) is 6.04. The highest BCUT2D eigenvalue weighted by Crippen LogP contribution is 2.23. The average Bonchev–Trinajstić information content (AvgIpc) is 2.63. The van der Waals surface area contributed by atoms with E-state index < -0.39 is 12.0 Å². The summed E-state index contributed by atoms with van der Waals surface area (Å²) in [5, 5.41) is 0. The number of hydrogen-bond acceptors (Lipinski definition) is 4. The van der Waals surface area contributed by atoms with Crippen LogP contribution in [0.3, 0.4) is 0 Å². The van der Waals surface area contributed by atoms with Crippen molar-refractivity contribution in [1.82, 2.24) is 10.9 Å². The van der Waals surface area contributed by atoms with Gasteiger partial charge in [0.2, 0.25) is 5.91 Å². The number of para-hydroxylation sites is 1. The lowest BCUT2D eigenvalue weighted by atomic mass is 10.1. The first-order valence-electron chi connectivity index (χ1n) is 8.35. The molecule has 0 heterocycles. The van der Waals surface area contributed by atoms with Gasteiger partial charge in [-0.25, -0.2) is 0 Å². The third-order valence-electron chi connectivity index (χ3n) is 3.92. The van der Waals surface area contributed by atoms with Crippen LogP contribution in [-0.4, -0.2) is 25.0 Å². The van der Waals surface area contributed by atoms with E-state index in [9.17, 15) is 9.59 Å². The molecule has 0 aliphatic rings. The van der Waals surface area contributed by atoms with Gasteiger partial charge in [0.25, 0.3) is 5.91 Å². The second-order valence-electron chi connectivity index (χ2n) is 6.04. The number of aryl methyl sites for hydroxylation is 2. The number of nitrogens with one attached hydrogen (secondary N) is 2. The summed E-state index contributed by atoms with van der Waals surface area (Å²) in [6.07, 6.45) is -0.591. The van der Waals surface area contributed by atoms with Crippen LogP contribution in [0.4, 0.5) is 0 Å². The summed E-state index contributed by atoms with van der Waals surface area (Å²) in [4.78, 5) is 24.1. The van der Waals surface area contributed by atoms with Gasteiger partial charge in [0.1, 0.15) is 11.5 Å². The fourth-order valence-electron chi connectivity index (χ4n) is 2.42. The normalized spacial score (nSPS) is 11.4. The molecule has 2 aromatic rings. The first-order chi connectivity index (χ1) is 12.4. The molecule has 6 heteroatoms. The van der Waals surface area contributed by atoms with Crippen LogP contribution in [0.15, 0.2) is 42.5 Å². The summed E-state index contributed by atoms with van der Waals surface area (Å²) in [7, 11) is 1.58. The standard InChI is InChI=1S/C20H24N2O4/c1-13-6-5-7-14(2)19(13)26-15(3)20(24)22-21-18(23)12-16-8-10-17(25-4)11-9-16/h5-11,15H,12H2,1-4H3,(H,21,23)(H,22,24). The molecule has 138 valence electrons. The number of hydrazine groups is 1. The van der Waals surface area contributed by atoms with Gasteiger partial charge in [0.05, 0.1) is 13.5 Å². The molecule has 2 aromatic carbocycles. The number of benzene rings is 2. The van der Waals surface area contributed by atoms with E-state index in [0.29, 0.717) is 5.75 Å². The van der Waals surface area contributed by atoms with Crippen LogP contribution in [-0.2, 0) is 16.0 Å². The Labute approximate surface area is 153 Å². The third-order valence-corrected chi connectivity index (χ3v) is 3.92. The molecule has 1 atom stereocenters. The molecule has 2 rings (SSSR count). The molecule has 0 spiro atoms. The van der Waals surface area contributed by atoms with E-state index in [0.717, 1.165) is 22.4 Å². The highest BCUT2D eigenvalue weighted by molar-refractivity contribution is 5.85. The number of methoxy groups -OCH3 is 1. The maximum atomic E-state index is 12.1. The van der Waals surface area contributed by atoms with E-state index in [1.165, 1.54) is 0 Å². The maximum Gasteiger partial charge on any atom is 0.279 e. The van der Waals surface area contributed by atoms with Gasteiger partial charge in [-0.2, -0.15) is 0 Å². The van der Waals surface area contributed by atoms with Crippen LogP contribution >= 0.6 is 0 Å². The Balaban J connectivity index is 1.84. The Morgan fingerprint density at radius 2 is 1.62 bits per heavy atom. The molecule has 0 aromatic heterocycles. The van der Waals surface area contributed by atoms with Crippen molar-refractivity contribution in [3.05, 3.63) is 59.2 Å². The van der Waals surface area contributed by atoms with Gasteiger partial charge in [-0.15, -0.1) is 0 Å². The molecular weight excluding hydrogens is 332 g/mol. The van der Waals surface area contributed by atoms with Crippen molar-refractivity contribution >= 4 is 11.8 Å². The zero-order chi connectivity index (χ0) is 19.1. The molecule has 0 aliphatic carbocycles. The minimum absolute atomic E-state index is 0.149. The van der Waals surface area contributed by atoms with Crippen LogP contribution in [0.25, 0.3) is 0 Å². The molecule has 0 bridgehead atoms. The zero-order valence-corrected chi connectivity index (χ0v) is 15.5. The second kappa shape index (κ2) is 8.89. The predicted octanol–water partition coefficient (Wildman–Crippen LogP) is 2.47. The summed E-state index contributed by atoms with van der Waals surface area (Å²) < 4.78 is 10.8. The first kappa shape index (κ1) is 19.3. The smallest absolute Gasteiger partial charge is 0.279 e. The molecule has 26 heavy (non-hydrogen) atoms. The SMILES string of the molecule is COc1ccc(CC(=O)NNC(=O)C(C)Oc2c(C)cccc2C)cc1. The summed E-state index contributed by atoms with van der Waals surface area (Å²) in [6.45, 7) is 5.48. The van der Waals surface area contributed by atoms with E-state index >= 15 is 0 Å². The molecule has 0 saturated carbocycles. The molecule has 6 nitrogen and oxygen atoms in total. The van der Waals surface area contributed by atoms with Crippen molar-refractivity contribution in [2.24, 2.45) is 0 Å². The van der Waals surface area contributed by atoms with Crippen molar-refractivity contribution < 1.29 is 19.1 Å². The van der Waals surface area contributed by atoms with Gasteiger partial charge in [0.15, 0.2) is 6.10 Å². The van der Waals surface area contributed by atoms with Crippen LogP contribution in [0.5, 0.6) is 11.5 Å². The average molecular weight is 356 g/mol. The zero-order valence-electron chi connectivity index (χ0n) is 15.5. The van der Waals surface area contributed by atoms with Gasteiger partial charge in [-0.3, -0.25) is 20.4 Å². The summed E-state index contributed by atoms with van der Waals surface area (Å²) in [5.74, 6) is 0.665. The van der Waals surface area contributed by atoms with Gasteiger partial charge in [-0.1, -0.05) is 30.3 Å². The first-order valence-corrected chi connectivity index (χ1v) is 8.35. The van der Waals surface area contributed by atoms with Crippen LogP contribution in [0.2, 0.25) is 0 Å². The maximum absolute atomic E-state index is 12.1. The Morgan fingerprint density at radius 3 is 2.19 bits per heavy atom. The highest BCUT2D eigenvalue weighted by atomic mass is 16.5. The molecule has 0 saturated heterocycles. The van der Waals surface area contributed by atoms with E-state index in [2.05, 4.69) is 10.9 Å². The molecule has 1 unspecified atom stereocenters. The fourth-order valence-corrected chi connectivity index (χ4v) is 2.42. The molecule has 0 aliphatic heterocycles. The minimum Gasteiger partial charge on any atom is -0.497 e. The van der Waals surface area contributed by atoms with Crippen molar-refractivity contribution in [2.45, 2.75) is 33.3 Å². The topological polar surface area (TPSA) is 76.7 Å². The molecule has 2 N–H and O–H groups in total. The number of rotatable bonds is 6. The summed E-state index contributed by atoms with van der Waals surface area (Å²) >= 11 is 0. The van der Waals surface area contributed by atoms with Crippen molar-refractivity contribution in [3.8, 4) is 11.5 Å². The van der Waals surface area contributed by atoms with Gasteiger partial charge in [-0.05, 0) is 49.6 Å². The Bertz CT molecular complexity index is 752. The van der Waals surface area contributed by atoms with Crippen LogP contribution in [0.1, 0.15) is 23.6 Å². The number of carbonyl (C=O) groups excluding carboxylic acids is 2. The van der Waals surface area contributed by atoms with Gasteiger partial charge in [0, 0.05) is 0 Å². The summed E-state index contributed by atoms with van der Waals surface area (Å²) in [6, 6.07) is 12.9. The predicted molar refractivity (Wildman–Crippen MR) is 99.0 cm³/mol. The summed E-state index contributed by atoms with van der Waals surface area (Å²) in [5.41, 5.74) is 7.52. The molecule has 2 amide bonds. The van der Waals surface area contributed by atoms with Gasteiger partial charge < -0.3 is 9.47 Å². The lowest BCUT2D eigenvalue weighted by molar-refractivity contribution is -0.132. The number of amides is 2. The largest absolute Gasteiger partial charge is 0.497 e. The van der Waals surface area contributed by atoms with Crippen molar-refractivity contribution in [2.75, 3.05) is 7.11 Å². The fraction of sp³-hybridized carbons (Fsp3) is 0.300. The third kappa shape index (κ3) is 5.24. The lowest BCUT2D eigenvalue weighted by Gasteiger charge is -2.18. The molecule has 0 radical (unpaired) electrons.